The van der Waals surface area contributed by atoms with E-state index in [-0.39, 0.29) is 5.56 Å². The summed E-state index contributed by atoms with van der Waals surface area (Å²) in [5.74, 6) is 1.01. The summed E-state index contributed by atoms with van der Waals surface area (Å²) < 4.78 is 2.08. The van der Waals surface area contributed by atoms with Gasteiger partial charge >= 0.3 is 0 Å². The first-order valence-corrected chi connectivity index (χ1v) is 12.7. The average Bonchev–Trinajstić information content (AvgIpc) is 2.80. The Morgan fingerprint density at radius 2 is 1.75 bits per heavy atom. The molecule has 0 aliphatic carbocycles. The van der Waals surface area contributed by atoms with Crippen molar-refractivity contribution in [3.63, 3.8) is 0 Å². The van der Waals surface area contributed by atoms with Crippen molar-refractivity contribution in [1.82, 2.24) is 4.57 Å². The molecular formula is C27H32N3OS+. The van der Waals surface area contributed by atoms with Gasteiger partial charge in [0.25, 0.3) is 5.56 Å². The number of pyridine rings is 1. The second kappa shape index (κ2) is 8.80. The molecule has 1 aromatic heterocycles. The van der Waals surface area contributed by atoms with E-state index in [4.69, 9.17) is 0 Å². The number of benzene rings is 2. The highest BCUT2D eigenvalue weighted by Crippen LogP contribution is 2.37. The molecule has 166 valence electrons. The van der Waals surface area contributed by atoms with Crippen molar-refractivity contribution < 1.29 is 4.90 Å². The maximum atomic E-state index is 12.8. The zero-order chi connectivity index (χ0) is 22.2. The van der Waals surface area contributed by atoms with Gasteiger partial charge in [0.15, 0.2) is 0 Å². The summed E-state index contributed by atoms with van der Waals surface area (Å²) in [5, 5.41) is 0. The number of rotatable bonds is 5. The molecule has 0 spiro atoms. The number of quaternary nitrogens is 1. The van der Waals surface area contributed by atoms with Crippen LogP contribution in [0.4, 0.5) is 5.69 Å². The number of fused-ring (bicyclic) bond motifs is 4. The molecule has 5 heteroatoms. The Kier molecular flexibility index (Phi) is 5.87. The van der Waals surface area contributed by atoms with Crippen molar-refractivity contribution >= 4 is 17.4 Å². The third-order valence-corrected chi connectivity index (χ3v) is 7.83. The first-order chi connectivity index (χ1) is 15.5. The van der Waals surface area contributed by atoms with E-state index in [9.17, 15) is 4.79 Å². The van der Waals surface area contributed by atoms with Crippen LogP contribution in [0.5, 0.6) is 0 Å². The number of nitrogens with zero attached hydrogens (tertiary/aromatic N) is 2. The standard InChI is InChI=1S/C27H31N3OS/c1-28(2)23-8-4-19(5-9-23)15-29-16-20-14-22(18-29)27-25(12-13-26(31)30(27)17-20)21-6-10-24(32-3)11-7-21/h4-13,20,22H,14-18H2,1-3H3/p+1/t20-,22+/m0/s1. The maximum Gasteiger partial charge on any atom is 0.250 e. The Bertz CT molecular complexity index is 1150. The number of aromatic nitrogens is 1. The zero-order valence-corrected chi connectivity index (χ0v) is 20.0. The molecular weight excluding hydrogens is 414 g/mol. The molecule has 1 saturated heterocycles. The highest BCUT2D eigenvalue weighted by Gasteiger charge is 2.38. The number of thioether (sulfide) groups is 1. The van der Waals surface area contributed by atoms with Crippen molar-refractivity contribution in [3.05, 3.63) is 82.3 Å². The third-order valence-electron chi connectivity index (χ3n) is 7.09. The first-order valence-electron chi connectivity index (χ1n) is 11.5. The van der Waals surface area contributed by atoms with Gasteiger partial charge in [0.05, 0.1) is 13.1 Å². The van der Waals surface area contributed by atoms with E-state index >= 15 is 0 Å². The number of nitrogens with one attached hydrogen (secondary N) is 1. The SMILES string of the molecule is CSc1ccc(-c2ccc(=O)n3c2[C@@H]2C[C@H](C3)C[NH+](Cc3ccc(N(C)C)cc3)C2)cc1. The van der Waals surface area contributed by atoms with E-state index < -0.39 is 0 Å². The van der Waals surface area contributed by atoms with E-state index in [1.165, 1.54) is 39.4 Å². The molecule has 0 amide bonds. The van der Waals surface area contributed by atoms with Gasteiger partial charge in [-0.2, -0.15) is 0 Å². The molecule has 32 heavy (non-hydrogen) atoms. The fourth-order valence-corrected chi connectivity index (χ4v) is 6.01. The van der Waals surface area contributed by atoms with Gasteiger partial charge in [-0.15, -0.1) is 11.8 Å². The summed E-state index contributed by atoms with van der Waals surface area (Å²) in [6.07, 6.45) is 3.30. The van der Waals surface area contributed by atoms with Crippen LogP contribution in [-0.2, 0) is 13.1 Å². The van der Waals surface area contributed by atoms with E-state index in [0.717, 1.165) is 26.2 Å². The molecule has 0 saturated carbocycles. The van der Waals surface area contributed by atoms with Gasteiger partial charge in [-0.1, -0.05) is 24.3 Å². The van der Waals surface area contributed by atoms with Crippen LogP contribution >= 0.6 is 11.8 Å². The number of piperidine rings is 1. The molecule has 3 aromatic rings. The highest BCUT2D eigenvalue weighted by molar-refractivity contribution is 7.98. The summed E-state index contributed by atoms with van der Waals surface area (Å²) in [5.41, 5.74) is 6.50. The number of hydrogen-bond acceptors (Lipinski definition) is 3. The minimum Gasteiger partial charge on any atom is -0.378 e. The normalized spacial score (nSPS) is 21.8. The van der Waals surface area contributed by atoms with E-state index in [2.05, 4.69) is 84.4 Å². The predicted octanol–water partition coefficient (Wildman–Crippen LogP) is 3.51. The van der Waals surface area contributed by atoms with Gasteiger partial charge in [0.2, 0.25) is 0 Å². The Morgan fingerprint density at radius 3 is 2.44 bits per heavy atom. The number of hydrogen-bond donors (Lipinski definition) is 1. The highest BCUT2D eigenvalue weighted by atomic mass is 32.2. The van der Waals surface area contributed by atoms with Crippen LogP contribution in [0.2, 0.25) is 0 Å². The van der Waals surface area contributed by atoms with Gasteiger partial charge in [-0.3, -0.25) is 4.79 Å². The van der Waals surface area contributed by atoms with Crippen LogP contribution in [-0.4, -0.2) is 38.0 Å². The molecule has 0 radical (unpaired) electrons. The molecule has 2 bridgehead atoms. The lowest BCUT2D eigenvalue weighted by atomic mass is 9.80. The van der Waals surface area contributed by atoms with Gasteiger partial charge in [-0.25, -0.2) is 0 Å². The Balaban J connectivity index is 1.43. The van der Waals surface area contributed by atoms with Crippen LogP contribution in [0.15, 0.2) is 70.4 Å². The van der Waals surface area contributed by atoms with Gasteiger partial charge in [-0.05, 0) is 48.6 Å². The molecule has 2 aromatic carbocycles. The lowest BCUT2D eigenvalue weighted by Crippen LogP contribution is -3.13. The fourth-order valence-electron chi connectivity index (χ4n) is 5.60. The predicted molar refractivity (Wildman–Crippen MR) is 134 cm³/mol. The molecule has 2 aliphatic rings. The quantitative estimate of drug-likeness (QED) is 0.609. The van der Waals surface area contributed by atoms with Gasteiger partial charge in [0, 0.05) is 65.9 Å². The second-order valence-corrected chi connectivity index (χ2v) is 10.4. The second-order valence-electron chi connectivity index (χ2n) is 9.50. The largest absolute Gasteiger partial charge is 0.378 e. The van der Waals surface area contributed by atoms with Crippen LogP contribution in [0, 0.1) is 5.92 Å². The first kappa shape index (κ1) is 21.4. The molecule has 3 heterocycles. The molecule has 1 fully saturated rings. The van der Waals surface area contributed by atoms with Crippen molar-refractivity contribution in [2.24, 2.45) is 5.92 Å². The molecule has 5 rings (SSSR count). The van der Waals surface area contributed by atoms with Gasteiger partial charge < -0.3 is 14.4 Å². The van der Waals surface area contributed by atoms with Crippen LogP contribution in [0.3, 0.4) is 0 Å². The molecule has 2 aliphatic heterocycles. The minimum absolute atomic E-state index is 0.155. The van der Waals surface area contributed by atoms with Crippen molar-refractivity contribution in [2.75, 3.05) is 38.3 Å². The van der Waals surface area contributed by atoms with Gasteiger partial charge in [0.1, 0.15) is 6.54 Å². The summed E-state index contributed by atoms with van der Waals surface area (Å²) in [7, 11) is 4.16. The van der Waals surface area contributed by atoms with E-state index in [1.54, 1.807) is 22.7 Å². The Labute approximate surface area is 194 Å². The summed E-state index contributed by atoms with van der Waals surface area (Å²) >= 11 is 1.76. The zero-order valence-electron chi connectivity index (χ0n) is 19.2. The van der Waals surface area contributed by atoms with E-state index in [1.807, 2.05) is 0 Å². The van der Waals surface area contributed by atoms with Crippen molar-refractivity contribution in [3.8, 4) is 11.1 Å². The van der Waals surface area contributed by atoms with Crippen LogP contribution in [0.1, 0.15) is 23.6 Å². The summed E-state index contributed by atoms with van der Waals surface area (Å²) in [6, 6.07) is 21.6. The smallest absolute Gasteiger partial charge is 0.250 e. The number of anilines is 1. The average molecular weight is 447 g/mol. The molecule has 1 N–H and O–H groups in total. The van der Waals surface area contributed by atoms with Crippen LogP contribution < -0.4 is 15.4 Å². The minimum atomic E-state index is 0.155. The maximum absolute atomic E-state index is 12.8. The topological polar surface area (TPSA) is 29.7 Å². The fraction of sp³-hybridized carbons (Fsp3) is 0.370. The lowest BCUT2D eigenvalue weighted by Gasteiger charge is -2.41. The summed E-state index contributed by atoms with van der Waals surface area (Å²) in [4.78, 5) is 17.8. The molecule has 1 unspecified atom stereocenters. The number of likely N-dealkylation sites (tertiary alicyclic amines) is 1. The van der Waals surface area contributed by atoms with Crippen LogP contribution in [0.25, 0.3) is 11.1 Å². The Morgan fingerprint density at radius 1 is 1.00 bits per heavy atom. The Hall–Kier alpha value is -2.50. The van der Waals surface area contributed by atoms with E-state index in [0.29, 0.717) is 11.8 Å². The third kappa shape index (κ3) is 4.12. The monoisotopic (exact) mass is 446 g/mol. The summed E-state index contributed by atoms with van der Waals surface area (Å²) in [6.45, 7) is 4.13. The van der Waals surface area contributed by atoms with Crippen molar-refractivity contribution in [2.45, 2.75) is 30.3 Å². The lowest BCUT2D eigenvalue weighted by molar-refractivity contribution is -0.924. The van der Waals surface area contributed by atoms with Crippen molar-refractivity contribution in [1.29, 1.82) is 0 Å². The molecule has 4 nitrogen and oxygen atoms in total. The molecule has 3 atom stereocenters.